The van der Waals surface area contributed by atoms with Crippen LogP contribution in [0.2, 0.25) is 10.0 Å². The van der Waals surface area contributed by atoms with Crippen LogP contribution >= 0.6 is 23.2 Å². The van der Waals surface area contributed by atoms with Crippen LogP contribution in [0.15, 0.2) is 72.8 Å². The van der Waals surface area contributed by atoms with Gasteiger partial charge in [0, 0.05) is 12.0 Å². The minimum Gasteiger partial charge on any atom is -0.481 e. The zero-order chi connectivity index (χ0) is 22.8. The van der Waals surface area contributed by atoms with Gasteiger partial charge in [0.2, 0.25) is 0 Å². The number of carbonyl (C=O) groups is 1. The van der Waals surface area contributed by atoms with Crippen molar-refractivity contribution in [3.8, 4) is 16.9 Å². The molecule has 1 aromatic heterocycles. The van der Waals surface area contributed by atoms with E-state index >= 15 is 0 Å². The molecule has 162 valence electrons. The van der Waals surface area contributed by atoms with E-state index in [0.717, 1.165) is 33.6 Å². The van der Waals surface area contributed by atoms with Crippen molar-refractivity contribution in [3.63, 3.8) is 0 Å². The molecule has 0 aliphatic heterocycles. The summed E-state index contributed by atoms with van der Waals surface area (Å²) in [7, 11) is 0. The van der Waals surface area contributed by atoms with Crippen LogP contribution in [0, 0.1) is 13.8 Å². The molecule has 0 fully saturated rings. The van der Waals surface area contributed by atoms with E-state index < -0.39 is 11.9 Å². The number of rotatable bonds is 6. The molecule has 0 amide bonds. The van der Waals surface area contributed by atoms with Gasteiger partial charge >= 0.3 is 5.97 Å². The molecular formula is C26H22Cl2N2O2. The van der Waals surface area contributed by atoms with Gasteiger partial charge in [-0.1, -0.05) is 76.8 Å². The SMILES string of the molecule is Cc1ccc(-n2nc(C[C@H](C(=O)O)c3cccc(C)c3)cc2-c2ccc(Cl)c(Cl)c2)cc1. The Morgan fingerprint density at radius 1 is 0.938 bits per heavy atom. The highest BCUT2D eigenvalue weighted by Gasteiger charge is 2.23. The van der Waals surface area contributed by atoms with Crippen LogP contribution in [0.5, 0.6) is 0 Å². The van der Waals surface area contributed by atoms with Crippen LogP contribution < -0.4 is 0 Å². The Balaban J connectivity index is 1.80. The molecule has 1 heterocycles. The fourth-order valence-corrected chi connectivity index (χ4v) is 4.02. The Hall–Kier alpha value is -3.08. The molecule has 0 aliphatic carbocycles. The first-order valence-corrected chi connectivity index (χ1v) is 11.0. The molecule has 0 spiro atoms. The lowest BCUT2D eigenvalue weighted by Crippen LogP contribution is -2.15. The maximum Gasteiger partial charge on any atom is 0.311 e. The number of hydrogen-bond donors (Lipinski definition) is 1. The van der Waals surface area contributed by atoms with Gasteiger partial charge in [-0.25, -0.2) is 4.68 Å². The van der Waals surface area contributed by atoms with E-state index in [1.54, 1.807) is 12.1 Å². The van der Waals surface area contributed by atoms with Gasteiger partial charge in [-0.3, -0.25) is 4.79 Å². The molecule has 4 nitrogen and oxygen atoms in total. The van der Waals surface area contributed by atoms with Crippen LogP contribution in [0.3, 0.4) is 0 Å². The van der Waals surface area contributed by atoms with Gasteiger partial charge in [0.25, 0.3) is 0 Å². The molecule has 3 aromatic carbocycles. The van der Waals surface area contributed by atoms with Crippen molar-refractivity contribution in [3.05, 3.63) is 105 Å². The predicted molar refractivity (Wildman–Crippen MR) is 129 cm³/mol. The maximum absolute atomic E-state index is 12.1. The average molecular weight is 465 g/mol. The number of aliphatic carboxylic acids is 1. The first kappa shape index (κ1) is 22.1. The third-order valence-electron chi connectivity index (χ3n) is 5.41. The van der Waals surface area contributed by atoms with Crippen LogP contribution in [-0.2, 0) is 11.2 Å². The number of aryl methyl sites for hydroxylation is 2. The molecule has 32 heavy (non-hydrogen) atoms. The number of hydrogen-bond acceptors (Lipinski definition) is 2. The fourth-order valence-electron chi connectivity index (χ4n) is 3.72. The van der Waals surface area contributed by atoms with E-state index in [1.807, 2.05) is 79.2 Å². The Morgan fingerprint density at radius 2 is 1.69 bits per heavy atom. The molecular weight excluding hydrogens is 443 g/mol. The molecule has 0 aliphatic rings. The summed E-state index contributed by atoms with van der Waals surface area (Å²) in [6, 6.07) is 23.0. The van der Waals surface area contributed by atoms with Crippen molar-refractivity contribution in [1.82, 2.24) is 9.78 Å². The van der Waals surface area contributed by atoms with Crippen molar-refractivity contribution < 1.29 is 9.90 Å². The van der Waals surface area contributed by atoms with Crippen molar-refractivity contribution >= 4 is 29.2 Å². The van der Waals surface area contributed by atoms with E-state index in [2.05, 4.69) is 0 Å². The second-order valence-corrected chi connectivity index (χ2v) is 8.72. The molecule has 0 radical (unpaired) electrons. The number of nitrogens with zero attached hydrogens (tertiary/aromatic N) is 2. The average Bonchev–Trinajstić information content (AvgIpc) is 3.18. The third kappa shape index (κ3) is 4.72. The summed E-state index contributed by atoms with van der Waals surface area (Å²) < 4.78 is 1.82. The largest absolute Gasteiger partial charge is 0.481 e. The van der Waals surface area contributed by atoms with Crippen LogP contribution in [0.25, 0.3) is 16.9 Å². The number of carboxylic acid groups (broad SMARTS) is 1. The molecule has 1 atom stereocenters. The summed E-state index contributed by atoms with van der Waals surface area (Å²) in [5.41, 5.74) is 6.15. The minimum absolute atomic E-state index is 0.270. The van der Waals surface area contributed by atoms with Gasteiger partial charge < -0.3 is 5.11 Å². The van der Waals surface area contributed by atoms with Crippen molar-refractivity contribution in [1.29, 1.82) is 0 Å². The van der Waals surface area contributed by atoms with Crippen molar-refractivity contribution in [2.45, 2.75) is 26.2 Å². The predicted octanol–water partition coefficient (Wildman–Crippen LogP) is 6.87. The molecule has 4 aromatic rings. The lowest BCUT2D eigenvalue weighted by Gasteiger charge is -2.12. The zero-order valence-corrected chi connectivity index (χ0v) is 19.2. The number of aromatic nitrogens is 2. The van der Waals surface area contributed by atoms with Gasteiger partial charge in [-0.2, -0.15) is 5.10 Å². The minimum atomic E-state index is -0.878. The van der Waals surface area contributed by atoms with E-state index in [4.69, 9.17) is 28.3 Å². The summed E-state index contributed by atoms with van der Waals surface area (Å²) in [4.78, 5) is 12.1. The highest BCUT2D eigenvalue weighted by molar-refractivity contribution is 6.42. The second kappa shape index (κ2) is 9.19. The monoisotopic (exact) mass is 464 g/mol. The van der Waals surface area contributed by atoms with Crippen LogP contribution in [0.4, 0.5) is 0 Å². The first-order valence-electron chi connectivity index (χ1n) is 10.2. The Labute approximate surface area is 197 Å². The summed E-state index contributed by atoms with van der Waals surface area (Å²) in [6.07, 6.45) is 0.270. The smallest absolute Gasteiger partial charge is 0.311 e. The van der Waals surface area contributed by atoms with E-state index in [1.165, 1.54) is 0 Å². The van der Waals surface area contributed by atoms with E-state index in [9.17, 15) is 9.90 Å². The highest BCUT2D eigenvalue weighted by atomic mass is 35.5. The zero-order valence-electron chi connectivity index (χ0n) is 17.7. The molecule has 0 bridgehead atoms. The quantitative estimate of drug-likeness (QED) is 0.338. The summed E-state index contributed by atoms with van der Waals surface area (Å²) >= 11 is 12.4. The topological polar surface area (TPSA) is 55.1 Å². The standard InChI is InChI=1S/C26H22Cl2N2O2/c1-16-6-9-21(10-7-16)30-25(19-8-11-23(27)24(28)13-19)15-20(29-30)14-22(26(31)32)18-5-3-4-17(2)12-18/h3-13,15,22H,14H2,1-2H3,(H,31,32)/t22-/m0/s1. The summed E-state index contributed by atoms with van der Waals surface area (Å²) in [6.45, 7) is 3.98. The lowest BCUT2D eigenvalue weighted by atomic mass is 9.93. The molecule has 1 N–H and O–H groups in total. The van der Waals surface area contributed by atoms with Gasteiger partial charge in [0.1, 0.15) is 0 Å². The molecule has 0 unspecified atom stereocenters. The Bertz CT molecular complexity index is 1280. The van der Waals surface area contributed by atoms with Gasteiger partial charge in [-0.15, -0.1) is 0 Å². The lowest BCUT2D eigenvalue weighted by molar-refractivity contribution is -0.138. The maximum atomic E-state index is 12.1. The fraction of sp³-hybridized carbons (Fsp3) is 0.154. The van der Waals surface area contributed by atoms with Gasteiger partial charge in [0.15, 0.2) is 0 Å². The van der Waals surface area contributed by atoms with Crippen molar-refractivity contribution in [2.75, 3.05) is 0 Å². The first-order chi connectivity index (χ1) is 15.3. The summed E-state index contributed by atoms with van der Waals surface area (Å²) in [5.74, 6) is -1.57. The number of carboxylic acids is 1. The number of halogens is 2. The van der Waals surface area contributed by atoms with E-state index in [-0.39, 0.29) is 6.42 Å². The van der Waals surface area contributed by atoms with Gasteiger partial charge in [-0.05, 0) is 49.7 Å². The second-order valence-electron chi connectivity index (χ2n) is 7.91. The molecule has 6 heteroatoms. The summed E-state index contributed by atoms with van der Waals surface area (Å²) in [5, 5.41) is 15.6. The number of benzene rings is 3. The highest BCUT2D eigenvalue weighted by Crippen LogP contribution is 2.32. The van der Waals surface area contributed by atoms with Gasteiger partial charge in [0.05, 0.1) is 33.0 Å². The Morgan fingerprint density at radius 3 is 2.34 bits per heavy atom. The Kier molecular flexibility index (Phi) is 6.35. The van der Waals surface area contributed by atoms with Crippen LogP contribution in [0.1, 0.15) is 28.3 Å². The molecule has 0 saturated carbocycles. The molecule has 4 rings (SSSR count). The van der Waals surface area contributed by atoms with Crippen LogP contribution in [-0.4, -0.2) is 20.9 Å². The molecule has 0 saturated heterocycles. The normalized spacial score (nSPS) is 12.0. The third-order valence-corrected chi connectivity index (χ3v) is 6.15. The van der Waals surface area contributed by atoms with E-state index in [0.29, 0.717) is 15.7 Å². The van der Waals surface area contributed by atoms with Crippen molar-refractivity contribution in [2.24, 2.45) is 0 Å².